The van der Waals surface area contributed by atoms with Gasteiger partial charge in [0, 0.05) is 6.61 Å². The Morgan fingerprint density at radius 2 is 2.00 bits per heavy atom. The van der Waals surface area contributed by atoms with Gasteiger partial charge in [0.15, 0.2) is 0 Å². The summed E-state index contributed by atoms with van der Waals surface area (Å²) >= 11 is 0. The lowest BCUT2D eigenvalue weighted by Gasteiger charge is -2.38. The van der Waals surface area contributed by atoms with Crippen molar-refractivity contribution in [3.8, 4) is 0 Å². The van der Waals surface area contributed by atoms with E-state index in [1.54, 1.807) is 0 Å². The van der Waals surface area contributed by atoms with Gasteiger partial charge in [-0.3, -0.25) is 0 Å². The van der Waals surface area contributed by atoms with Crippen molar-refractivity contribution < 1.29 is 5.11 Å². The Bertz CT molecular complexity index is 197. The third-order valence-corrected chi connectivity index (χ3v) is 5.20. The molecule has 0 aromatic carbocycles. The molecule has 0 spiro atoms. The maximum absolute atomic E-state index is 9.29. The van der Waals surface area contributed by atoms with Crippen molar-refractivity contribution in [3.63, 3.8) is 0 Å². The predicted molar refractivity (Wildman–Crippen MR) is 49.8 cm³/mol. The van der Waals surface area contributed by atoms with E-state index in [4.69, 9.17) is 0 Å². The fourth-order valence-electron chi connectivity index (χ4n) is 3.65. The van der Waals surface area contributed by atoms with E-state index in [1.807, 2.05) is 0 Å². The minimum atomic E-state index is 0.399. The van der Waals surface area contributed by atoms with Gasteiger partial charge in [-0.15, -0.1) is 0 Å². The van der Waals surface area contributed by atoms with Gasteiger partial charge in [0.2, 0.25) is 0 Å². The van der Waals surface area contributed by atoms with Crippen LogP contribution in [0.25, 0.3) is 0 Å². The fourth-order valence-corrected chi connectivity index (χ4v) is 3.65. The van der Waals surface area contributed by atoms with Crippen LogP contribution in [0.4, 0.5) is 0 Å². The van der Waals surface area contributed by atoms with Crippen LogP contribution in [0.3, 0.4) is 0 Å². The van der Waals surface area contributed by atoms with Crippen molar-refractivity contribution in [2.24, 2.45) is 22.7 Å². The van der Waals surface area contributed by atoms with Crippen LogP contribution in [0.5, 0.6) is 0 Å². The average molecular weight is 168 g/mol. The van der Waals surface area contributed by atoms with Crippen LogP contribution in [0.2, 0.25) is 0 Å². The summed E-state index contributed by atoms with van der Waals surface area (Å²) in [6, 6.07) is 0. The van der Waals surface area contributed by atoms with Gasteiger partial charge in [0.1, 0.15) is 0 Å². The van der Waals surface area contributed by atoms with E-state index in [1.165, 1.54) is 19.3 Å². The molecule has 0 radical (unpaired) electrons. The highest BCUT2D eigenvalue weighted by atomic mass is 16.3. The molecule has 3 atom stereocenters. The van der Waals surface area contributed by atoms with Crippen LogP contribution in [-0.2, 0) is 0 Å². The van der Waals surface area contributed by atoms with Crippen molar-refractivity contribution in [1.29, 1.82) is 0 Å². The quantitative estimate of drug-likeness (QED) is 0.637. The third-order valence-electron chi connectivity index (χ3n) is 5.20. The molecule has 0 amide bonds. The van der Waals surface area contributed by atoms with Gasteiger partial charge in [-0.25, -0.2) is 0 Å². The summed E-state index contributed by atoms with van der Waals surface area (Å²) in [6.45, 7) is 7.55. The molecule has 2 aliphatic carbocycles. The molecule has 0 heterocycles. The van der Waals surface area contributed by atoms with E-state index in [9.17, 15) is 5.11 Å². The molecule has 2 saturated carbocycles. The van der Waals surface area contributed by atoms with Crippen LogP contribution < -0.4 is 0 Å². The van der Waals surface area contributed by atoms with Crippen molar-refractivity contribution in [3.05, 3.63) is 0 Å². The number of aliphatic hydroxyl groups is 1. The van der Waals surface area contributed by atoms with Gasteiger partial charge in [-0.05, 0) is 41.9 Å². The van der Waals surface area contributed by atoms with Gasteiger partial charge >= 0.3 is 0 Å². The van der Waals surface area contributed by atoms with Crippen LogP contribution in [0.1, 0.15) is 40.0 Å². The first kappa shape index (κ1) is 8.55. The van der Waals surface area contributed by atoms with Gasteiger partial charge in [0.25, 0.3) is 0 Å². The molecular formula is C11H20O. The zero-order valence-electron chi connectivity index (χ0n) is 8.43. The summed E-state index contributed by atoms with van der Waals surface area (Å²) in [4.78, 5) is 0. The lowest BCUT2D eigenvalue weighted by molar-refractivity contribution is 0.0625. The fraction of sp³-hybridized carbons (Fsp3) is 1.00. The molecule has 0 saturated heterocycles. The Labute approximate surface area is 75.2 Å². The van der Waals surface area contributed by atoms with E-state index >= 15 is 0 Å². The van der Waals surface area contributed by atoms with Crippen molar-refractivity contribution >= 4 is 0 Å². The van der Waals surface area contributed by atoms with Gasteiger partial charge in [0.05, 0.1) is 0 Å². The Morgan fingerprint density at radius 3 is 2.25 bits per heavy atom. The zero-order valence-corrected chi connectivity index (χ0v) is 8.43. The first-order valence-electron chi connectivity index (χ1n) is 5.13. The number of hydrogen-bond donors (Lipinski definition) is 1. The van der Waals surface area contributed by atoms with E-state index in [2.05, 4.69) is 20.8 Å². The lowest BCUT2D eigenvalue weighted by atomic mass is 9.67. The van der Waals surface area contributed by atoms with Gasteiger partial charge < -0.3 is 5.11 Å². The number of fused-ring (bicyclic) bond motifs is 2. The van der Waals surface area contributed by atoms with Gasteiger partial charge in [-0.1, -0.05) is 20.8 Å². The van der Waals surface area contributed by atoms with Crippen LogP contribution in [0, 0.1) is 22.7 Å². The topological polar surface area (TPSA) is 20.2 Å². The second-order valence-corrected chi connectivity index (χ2v) is 5.49. The SMILES string of the molecule is CC1(C)[C@H]2CC[C@]1(C)[C@@H](CO)C2. The summed E-state index contributed by atoms with van der Waals surface area (Å²) in [7, 11) is 0. The third kappa shape index (κ3) is 0.736. The van der Waals surface area contributed by atoms with E-state index in [-0.39, 0.29) is 0 Å². The molecule has 0 aromatic rings. The number of hydrogen-bond acceptors (Lipinski definition) is 1. The highest BCUT2D eigenvalue weighted by Crippen LogP contribution is 2.67. The second kappa shape index (κ2) is 2.25. The standard InChI is InChI=1S/C11H20O/c1-10(2)8-4-5-11(10,3)9(6-8)7-12/h8-9,12H,4-7H2,1-3H3/t8-,9+,11+/m0/s1. The largest absolute Gasteiger partial charge is 0.396 e. The summed E-state index contributed by atoms with van der Waals surface area (Å²) in [6.07, 6.45) is 3.98. The Morgan fingerprint density at radius 1 is 1.33 bits per heavy atom. The normalized spacial score (nSPS) is 50.0. The minimum Gasteiger partial charge on any atom is -0.396 e. The summed E-state index contributed by atoms with van der Waals surface area (Å²) in [5.41, 5.74) is 0.896. The Balaban J connectivity index is 2.33. The zero-order chi connectivity index (χ0) is 8.98. The van der Waals surface area contributed by atoms with Gasteiger partial charge in [-0.2, -0.15) is 0 Å². The van der Waals surface area contributed by atoms with E-state index < -0.39 is 0 Å². The predicted octanol–water partition coefficient (Wildman–Crippen LogP) is 2.44. The molecule has 70 valence electrons. The number of rotatable bonds is 1. The Hall–Kier alpha value is -0.0400. The molecule has 2 rings (SSSR count). The number of aliphatic hydroxyl groups excluding tert-OH is 1. The highest BCUT2D eigenvalue weighted by Gasteiger charge is 2.60. The molecule has 2 fully saturated rings. The van der Waals surface area contributed by atoms with Crippen molar-refractivity contribution in [2.45, 2.75) is 40.0 Å². The van der Waals surface area contributed by atoms with E-state index in [0.717, 1.165) is 5.92 Å². The molecular weight excluding hydrogens is 148 g/mol. The maximum atomic E-state index is 9.29. The first-order valence-corrected chi connectivity index (χ1v) is 5.13. The van der Waals surface area contributed by atoms with Crippen molar-refractivity contribution in [1.82, 2.24) is 0 Å². The maximum Gasteiger partial charge on any atom is 0.0464 e. The summed E-state index contributed by atoms with van der Waals surface area (Å²) < 4.78 is 0. The average Bonchev–Trinajstić information content (AvgIpc) is 2.34. The molecule has 2 bridgehead atoms. The molecule has 0 aliphatic heterocycles. The molecule has 0 aromatic heterocycles. The molecule has 2 aliphatic rings. The molecule has 0 unspecified atom stereocenters. The van der Waals surface area contributed by atoms with Crippen molar-refractivity contribution in [2.75, 3.05) is 6.61 Å². The van der Waals surface area contributed by atoms with Crippen LogP contribution in [0.15, 0.2) is 0 Å². The highest BCUT2D eigenvalue weighted by molar-refractivity contribution is 5.09. The van der Waals surface area contributed by atoms with Crippen LogP contribution in [-0.4, -0.2) is 11.7 Å². The minimum absolute atomic E-state index is 0.399. The first-order chi connectivity index (χ1) is 5.52. The summed E-state index contributed by atoms with van der Waals surface area (Å²) in [5, 5.41) is 9.29. The Kier molecular flexibility index (Phi) is 1.61. The monoisotopic (exact) mass is 168 g/mol. The molecule has 12 heavy (non-hydrogen) atoms. The lowest BCUT2D eigenvalue weighted by Crippen LogP contribution is -2.33. The smallest absolute Gasteiger partial charge is 0.0464 e. The van der Waals surface area contributed by atoms with Crippen LogP contribution >= 0.6 is 0 Å². The molecule has 1 heteroatoms. The second-order valence-electron chi connectivity index (χ2n) is 5.49. The summed E-state index contributed by atoms with van der Waals surface area (Å²) in [5.74, 6) is 1.45. The molecule has 1 N–H and O–H groups in total. The van der Waals surface area contributed by atoms with E-state index in [0.29, 0.717) is 23.4 Å². The molecule has 1 nitrogen and oxygen atoms in total.